The van der Waals surface area contributed by atoms with Gasteiger partial charge in [0.15, 0.2) is 5.78 Å². The molecule has 216 valence electrons. The standard InChI is InChI=1S/C30H25ClN4O5.C2H6/c1-39-22-15-16-24(23(17-22)27(36)20-11-13-21(31)14-12-20)32-29(37)28(35-26-10-6-5-9-25(26)34-35)33-30(38)40-18-19-7-3-2-4-8-19;1-2/h2-17,28,34H,18H2,1H3,(H,32,37)(H,33,38);1-2H3. The number of H-pyrrole nitrogens is 1. The molecule has 42 heavy (non-hydrogen) atoms. The Kier molecular flexibility index (Phi) is 10.0. The fraction of sp³-hybridized carbons (Fsp3) is 0.156. The highest BCUT2D eigenvalue weighted by Crippen LogP contribution is 2.27. The molecule has 9 nitrogen and oxygen atoms in total. The summed E-state index contributed by atoms with van der Waals surface area (Å²) in [5.41, 5.74) is 3.13. The minimum atomic E-state index is -1.21. The molecule has 0 aliphatic carbocycles. The second-order valence-electron chi connectivity index (χ2n) is 8.84. The third kappa shape index (κ3) is 7.00. The average Bonchev–Trinajstić information content (AvgIpc) is 3.02. The van der Waals surface area contributed by atoms with Crippen molar-refractivity contribution in [2.45, 2.75) is 26.6 Å². The zero-order chi connectivity index (χ0) is 30.1. The quantitative estimate of drug-likeness (QED) is 0.162. The number of carbonyl (C=O) groups excluding carboxylic acids is 3. The molecule has 3 N–H and O–H groups in total. The highest BCUT2D eigenvalue weighted by atomic mass is 35.5. The summed E-state index contributed by atoms with van der Waals surface area (Å²) in [6, 6.07) is 27.7. The molecule has 1 aromatic heterocycles. The molecule has 1 atom stereocenters. The molecular weight excluding hydrogens is 556 g/mol. The van der Waals surface area contributed by atoms with Gasteiger partial charge in [0.1, 0.15) is 12.4 Å². The number of ketones is 1. The number of benzene rings is 4. The summed E-state index contributed by atoms with van der Waals surface area (Å²) in [5.74, 6) is -0.508. The van der Waals surface area contributed by atoms with Crippen molar-refractivity contribution in [3.63, 3.8) is 0 Å². The number of carbonyl (C=O) groups is 3. The zero-order valence-corrected chi connectivity index (χ0v) is 24.1. The van der Waals surface area contributed by atoms with Crippen molar-refractivity contribution in [2.75, 3.05) is 12.4 Å². The van der Waals surface area contributed by atoms with E-state index in [-0.39, 0.29) is 23.6 Å². The smallest absolute Gasteiger partial charge is 0.409 e. The number of aromatic amines is 1. The first kappa shape index (κ1) is 30.0. The zero-order valence-electron chi connectivity index (χ0n) is 23.4. The summed E-state index contributed by atoms with van der Waals surface area (Å²) in [5, 5.41) is 8.97. The van der Waals surface area contributed by atoms with Crippen LogP contribution in [0.1, 0.15) is 41.5 Å². The van der Waals surface area contributed by atoms with Crippen LogP contribution in [0.15, 0.2) is 97.1 Å². The first-order chi connectivity index (χ1) is 20.4. The number of ether oxygens (including phenoxy) is 2. The van der Waals surface area contributed by atoms with Crippen LogP contribution in [0.5, 0.6) is 5.75 Å². The number of aromatic nitrogens is 2. The Morgan fingerprint density at radius 1 is 0.905 bits per heavy atom. The fourth-order valence-corrected chi connectivity index (χ4v) is 4.27. The molecule has 0 saturated carbocycles. The van der Waals surface area contributed by atoms with E-state index < -0.39 is 18.2 Å². The highest BCUT2D eigenvalue weighted by Gasteiger charge is 2.28. The molecule has 2 amide bonds. The molecule has 1 unspecified atom stereocenters. The molecule has 5 rings (SSSR count). The van der Waals surface area contributed by atoms with E-state index in [0.717, 1.165) is 11.1 Å². The van der Waals surface area contributed by atoms with E-state index in [9.17, 15) is 14.4 Å². The largest absolute Gasteiger partial charge is 0.497 e. The van der Waals surface area contributed by atoms with Crippen LogP contribution in [-0.2, 0) is 16.1 Å². The summed E-state index contributed by atoms with van der Waals surface area (Å²) >= 11 is 5.98. The minimum Gasteiger partial charge on any atom is -0.497 e. The molecule has 4 aromatic carbocycles. The van der Waals surface area contributed by atoms with Crippen LogP contribution in [0.3, 0.4) is 0 Å². The van der Waals surface area contributed by atoms with Crippen molar-refractivity contribution in [3.8, 4) is 5.75 Å². The lowest BCUT2D eigenvalue weighted by molar-refractivity contribution is -0.120. The van der Waals surface area contributed by atoms with Gasteiger partial charge < -0.3 is 14.8 Å². The Hall–Kier alpha value is -5.02. The van der Waals surface area contributed by atoms with Gasteiger partial charge in [-0.05, 0) is 60.2 Å². The van der Waals surface area contributed by atoms with Crippen LogP contribution in [0.25, 0.3) is 11.0 Å². The number of anilines is 1. The summed E-state index contributed by atoms with van der Waals surface area (Å²) in [6.45, 7) is 4.03. The number of halogens is 1. The Balaban J connectivity index is 0.00000198. The second-order valence-corrected chi connectivity index (χ2v) is 9.28. The van der Waals surface area contributed by atoms with E-state index in [2.05, 4.69) is 15.7 Å². The van der Waals surface area contributed by atoms with Crippen LogP contribution in [0.4, 0.5) is 10.5 Å². The van der Waals surface area contributed by atoms with Gasteiger partial charge in [0.2, 0.25) is 6.17 Å². The maximum Gasteiger partial charge on any atom is 0.409 e. The minimum absolute atomic E-state index is 0.0310. The van der Waals surface area contributed by atoms with E-state index >= 15 is 0 Å². The lowest BCUT2D eigenvalue weighted by atomic mass is 10.0. The van der Waals surface area contributed by atoms with Gasteiger partial charge in [-0.25, -0.2) is 4.79 Å². The van der Waals surface area contributed by atoms with Crippen molar-refractivity contribution in [1.82, 2.24) is 15.1 Å². The molecule has 5 aromatic rings. The normalized spacial score (nSPS) is 11.1. The second kappa shape index (κ2) is 14.0. The fourth-order valence-electron chi connectivity index (χ4n) is 4.15. The molecule has 1 heterocycles. The van der Waals surface area contributed by atoms with Crippen molar-refractivity contribution in [1.29, 1.82) is 0 Å². The molecule has 0 aliphatic rings. The summed E-state index contributed by atoms with van der Waals surface area (Å²) < 4.78 is 12.2. The number of fused-ring (bicyclic) bond motifs is 1. The summed E-state index contributed by atoms with van der Waals surface area (Å²) in [4.78, 5) is 39.8. The highest BCUT2D eigenvalue weighted by molar-refractivity contribution is 6.30. The van der Waals surface area contributed by atoms with Gasteiger partial charge in [-0.15, -0.1) is 0 Å². The first-order valence-corrected chi connectivity index (χ1v) is 13.7. The number of nitrogens with one attached hydrogen (secondary N) is 3. The maximum atomic E-state index is 13.7. The van der Waals surface area contributed by atoms with Crippen molar-refractivity contribution in [2.24, 2.45) is 0 Å². The predicted molar refractivity (Wildman–Crippen MR) is 163 cm³/mol. The maximum absolute atomic E-state index is 13.7. The summed E-state index contributed by atoms with van der Waals surface area (Å²) in [6.07, 6.45) is -2.00. The van der Waals surface area contributed by atoms with Gasteiger partial charge in [-0.3, -0.25) is 24.7 Å². The number of methoxy groups -OCH3 is 1. The Bertz CT molecular complexity index is 1660. The average molecular weight is 587 g/mol. The Labute approximate surface area is 248 Å². The molecule has 0 saturated heterocycles. The number of hydrogen-bond acceptors (Lipinski definition) is 5. The van der Waals surface area contributed by atoms with Crippen LogP contribution < -0.4 is 15.4 Å². The SMILES string of the molecule is CC.COc1ccc(NC(=O)C(NC(=O)OCc2ccccc2)n2[nH]c3ccccc32)c(C(=O)c2ccc(Cl)cc2)c1. The molecule has 0 bridgehead atoms. The molecule has 10 heteroatoms. The van der Waals surface area contributed by atoms with E-state index in [1.54, 1.807) is 42.5 Å². The van der Waals surface area contributed by atoms with E-state index in [1.165, 1.54) is 11.8 Å². The predicted octanol–water partition coefficient (Wildman–Crippen LogP) is 6.95. The van der Waals surface area contributed by atoms with Crippen molar-refractivity contribution < 1.29 is 23.9 Å². The summed E-state index contributed by atoms with van der Waals surface area (Å²) in [7, 11) is 1.48. The number of rotatable bonds is 9. The number of alkyl carbamates (subject to hydrolysis) is 1. The molecule has 0 aliphatic heterocycles. The topological polar surface area (TPSA) is 114 Å². The first-order valence-electron chi connectivity index (χ1n) is 13.3. The van der Waals surface area contributed by atoms with Crippen LogP contribution in [-0.4, -0.2) is 34.7 Å². The van der Waals surface area contributed by atoms with Gasteiger partial charge in [-0.1, -0.05) is 67.9 Å². The Morgan fingerprint density at radius 2 is 1.60 bits per heavy atom. The lowest BCUT2D eigenvalue weighted by Crippen LogP contribution is -2.43. The molecular formula is C32H31ClN4O5. The molecule has 0 fully saturated rings. The van der Waals surface area contributed by atoms with Crippen molar-refractivity contribution in [3.05, 3.63) is 119 Å². The van der Waals surface area contributed by atoms with Crippen LogP contribution >= 0.6 is 11.6 Å². The monoisotopic (exact) mass is 586 g/mol. The van der Waals surface area contributed by atoms with E-state index in [0.29, 0.717) is 21.9 Å². The van der Waals surface area contributed by atoms with Gasteiger partial charge in [0, 0.05) is 16.1 Å². The van der Waals surface area contributed by atoms with Gasteiger partial charge in [0.05, 0.1) is 23.8 Å². The van der Waals surface area contributed by atoms with Gasteiger partial charge in [0.25, 0.3) is 5.91 Å². The van der Waals surface area contributed by atoms with Crippen molar-refractivity contribution >= 4 is 46.1 Å². The van der Waals surface area contributed by atoms with Crippen LogP contribution in [0, 0.1) is 0 Å². The number of amides is 2. The van der Waals surface area contributed by atoms with E-state index in [4.69, 9.17) is 21.1 Å². The van der Waals surface area contributed by atoms with Crippen LogP contribution in [0.2, 0.25) is 5.02 Å². The van der Waals surface area contributed by atoms with Gasteiger partial charge in [-0.2, -0.15) is 0 Å². The molecule has 0 spiro atoms. The lowest BCUT2D eigenvalue weighted by Gasteiger charge is -2.26. The number of nitrogens with zero attached hydrogens (tertiary/aromatic N) is 1. The third-order valence-electron chi connectivity index (χ3n) is 6.21. The third-order valence-corrected chi connectivity index (χ3v) is 6.47. The number of hydrogen-bond donors (Lipinski definition) is 3. The molecule has 0 radical (unpaired) electrons. The Morgan fingerprint density at radius 3 is 2.29 bits per heavy atom. The number of para-hydroxylation sites is 2. The van der Waals surface area contributed by atoms with E-state index in [1.807, 2.05) is 68.4 Å². The van der Waals surface area contributed by atoms with Gasteiger partial charge >= 0.3 is 6.09 Å².